The zero-order valence-electron chi connectivity index (χ0n) is 33.4. The van der Waals surface area contributed by atoms with Crippen molar-refractivity contribution in [3.8, 4) is 17.1 Å². The summed E-state index contributed by atoms with van der Waals surface area (Å²) < 4.78 is 11.6. The molecule has 1 unspecified atom stereocenters. The zero-order chi connectivity index (χ0) is 39.6. The number of benzene rings is 2. The molecule has 0 bridgehead atoms. The molecular weight excluding hydrogens is 737 g/mol. The molecule has 9 rings (SSSR count). The van der Waals surface area contributed by atoms with Crippen LogP contribution in [0, 0.1) is 5.92 Å². The quantitative estimate of drug-likeness (QED) is 0.129. The number of carbonyl (C=O) groups excluding carboxylic acids is 3. The zero-order valence-corrected chi connectivity index (χ0v) is 33.4. The molecule has 5 aliphatic rings. The number of fused-ring (bicyclic) bond motifs is 2. The van der Waals surface area contributed by atoms with Gasteiger partial charge in [0.15, 0.2) is 0 Å². The van der Waals surface area contributed by atoms with E-state index in [2.05, 4.69) is 64.6 Å². The molecule has 4 aromatic rings. The second-order valence-corrected chi connectivity index (χ2v) is 16.8. The summed E-state index contributed by atoms with van der Waals surface area (Å²) in [5.41, 5.74) is 3.93. The summed E-state index contributed by atoms with van der Waals surface area (Å²) in [6.07, 6.45) is 9.24. The molecule has 306 valence electrons. The van der Waals surface area contributed by atoms with Crippen molar-refractivity contribution in [1.29, 1.82) is 0 Å². The van der Waals surface area contributed by atoms with Crippen molar-refractivity contribution in [3.05, 3.63) is 59.9 Å². The number of H-pyrrole nitrogens is 1. The van der Waals surface area contributed by atoms with Crippen LogP contribution in [0.2, 0.25) is 0 Å². The molecule has 3 saturated heterocycles. The van der Waals surface area contributed by atoms with E-state index in [1.165, 1.54) is 12.8 Å². The first kappa shape index (κ1) is 38.4. The van der Waals surface area contributed by atoms with Crippen molar-refractivity contribution in [2.75, 3.05) is 82.5 Å². The smallest absolute Gasteiger partial charge is 0.264 e. The van der Waals surface area contributed by atoms with Gasteiger partial charge in [0.05, 0.1) is 22.3 Å². The van der Waals surface area contributed by atoms with Gasteiger partial charge in [-0.05, 0) is 114 Å². The number of rotatable bonds is 13. The molecule has 1 saturated carbocycles. The van der Waals surface area contributed by atoms with Crippen LogP contribution in [0.5, 0.6) is 5.75 Å². The average Bonchev–Trinajstić information content (AvgIpc) is 3.71. The topological polar surface area (TPSA) is 161 Å². The molecule has 3 N–H and O–H groups in total. The van der Waals surface area contributed by atoms with E-state index in [-0.39, 0.29) is 18.2 Å². The SMILES string of the molecule is CC1(Oc2ccc3[nH]nc(-c4cc(N5CCN(CC6CCN(CCCCNc7cccc8c7C(=O)N(C7CCCOCNC7=O)C8=O)CC6)CC5)ncn4)c3c2)CC1. The number of anilines is 2. The van der Waals surface area contributed by atoms with Gasteiger partial charge in [0.25, 0.3) is 11.8 Å². The van der Waals surface area contributed by atoms with Crippen molar-refractivity contribution in [3.63, 3.8) is 0 Å². The minimum absolute atomic E-state index is 0.0420. The lowest BCUT2D eigenvalue weighted by molar-refractivity contribution is -0.128. The second-order valence-electron chi connectivity index (χ2n) is 16.8. The number of hydrogen-bond donors (Lipinski definition) is 3. The first-order valence-corrected chi connectivity index (χ1v) is 21.1. The van der Waals surface area contributed by atoms with Gasteiger partial charge in [0.1, 0.15) is 42.0 Å². The minimum Gasteiger partial charge on any atom is -0.488 e. The molecule has 3 amide bonds. The Bertz CT molecular complexity index is 2140. The molecule has 1 aliphatic carbocycles. The predicted octanol–water partition coefficient (Wildman–Crippen LogP) is 4.53. The molecule has 4 aliphatic heterocycles. The van der Waals surface area contributed by atoms with Gasteiger partial charge in [-0.2, -0.15) is 5.10 Å². The van der Waals surface area contributed by atoms with Crippen molar-refractivity contribution in [2.45, 2.75) is 69.9 Å². The lowest BCUT2D eigenvalue weighted by Crippen LogP contribution is -2.51. The number of nitrogens with one attached hydrogen (secondary N) is 3. The number of aromatic nitrogens is 4. The highest BCUT2D eigenvalue weighted by Gasteiger charge is 2.44. The molecule has 6 heterocycles. The fourth-order valence-corrected chi connectivity index (χ4v) is 8.87. The first-order chi connectivity index (χ1) is 28.3. The molecule has 58 heavy (non-hydrogen) atoms. The predicted molar refractivity (Wildman–Crippen MR) is 220 cm³/mol. The molecule has 4 fully saturated rings. The van der Waals surface area contributed by atoms with Gasteiger partial charge in [0, 0.05) is 63.0 Å². The number of aromatic amines is 1. The summed E-state index contributed by atoms with van der Waals surface area (Å²) in [5.74, 6) is 1.35. The largest absolute Gasteiger partial charge is 0.488 e. The summed E-state index contributed by atoms with van der Waals surface area (Å²) in [4.78, 5) is 57.6. The van der Waals surface area contributed by atoms with Crippen LogP contribution in [0.1, 0.15) is 79.0 Å². The third kappa shape index (κ3) is 8.25. The van der Waals surface area contributed by atoms with E-state index in [1.54, 1.807) is 18.5 Å². The first-order valence-electron chi connectivity index (χ1n) is 21.1. The molecule has 15 nitrogen and oxygen atoms in total. The number of hydrogen-bond acceptors (Lipinski definition) is 12. The third-order valence-electron chi connectivity index (χ3n) is 12.6. The Labute approximate surface area is 338 Å². The van der Waals surface area contributed by atoms with Crippen molar-refractivity contribution in [1.82, 2.24) is 40.2 Å². The Morgan fingerprint density at radius 3 is 2.60 bits per heavy atom. The van der Waals surface area contributed by atoms with Crippen molar-refractivity contribution < 1.29 is 23.9 Å². The molecule has 2 aromatic heterocycles. The van der Waals surface area contributed by atoms with Crippen LogP contribution in [0.25, 0.3) is 22.3 Å². The second kappa shape index (κ2) is 16.6. The van der Waals surface area contributed by atoms with Gasteiger partial charge in [0.2, 0.25) is 5.91 Å². The van der Waals surface area contributed by atoms with Gasteiger partial charge < -0.3 is 29.9 Å². The lowest BCUT2D eigenvalue weighted by Gasteiger charge is -2.39. The highest BCUT2D eigenvalue weighted by Crippen LogP contribution is 2.41. The third-order valence-corrected chi connectivity index (χ3v) is 12.6. The van der Waals surface area contributed by atoms with Crippen LogP contribution in [0.4, 0.5) is 11.5 Å². The summed E-state index contributed by atoms with van der Waals surface area (Å²) >= 11 is 0. The van der Waals surface area contributed by atoms with Crippen LogP contribution >= 0.6 is 0 Å². The van der Waals surface area contributed by atoms with Crippen molar-refractivity contribution >= 4 is 40.1 Å². The maximum atomic E-state index is 13.5. The summed E-state index contributed by atoms with van der Waals surface area (Å²) in [5, 5.41) is 14.9. The fraction of sp³-hybridized carbons (Fsp3) is 0.535. The van der Waals surface area contributed by atoms with Gasteiger partial charge >= 0.3 is 0 Å². The molecule has 15 heteroatoms. The van der Waals surface area contributed by atoms with Gasteiger partial charge in [-0.25, -0.2) is 9.97 Å². The Balaban J connectivity index is 0.696. The highest BCUT2D eigenvalue weighted by molar-refractivity contribution is 6.25. The number of ether oxygens (including phenoxy) is 2. The number of piperazine rings is 1. The molecular formula is C43H54N10O5. The highest BCUT2D eigenvalue weighted by atomic mass is 16.5. The Kier molecular flexibility index (Phi) is 11.0. The number of piperidine rings is 1. The van der Waals surface area contributed by atoms with Gasteiger partial charge in [-0.3, -0.25) is 29.3 Å². The summed E-state index contributed by atoms with van der Waals surface area (Å²) in [6.45, 7) is 11.8. The molecule has 0 radical (unpaired) electrons. The van der Waals surface area contributed by atoms with E-state index in [0.717, 1.165) is 117 Å². The summed E-state index contributed by atoms with van der Waals surface area (Å²) in [7, 11) is 0. The monoisotopic (exact) mass is 790 g/mol. The standard InChI is InChI=1S/C43H54N10O5/c1-43(13-14-43)58-30-9-10-33-32(24-30)39(49-48-33)35-25-37(46-27-45-35)52-21-19-51(20-22-52)26-29-11-17-50(18-12-29)16-3-2-15-44-34-7-4-6-31-38(34)42(56)53(41(31)55)36-8-5-23-57-28-47-40(36)54/h4,6-7,9-10,24-25,27,29,36,44H,2-3,5,8,11-23,26,28H2,1H3,(H,47,54)(H,48,49). The van der Waals surface area contributed by atoms with E-state index >= 15 is 0 Å². The van der Waals surface area contributed by atoms with E-state index in [4.69, 9.17) is 9.47 Å². The van der Waals surface area contributed by atoms with Crippen LogP contribution in [0.3, 0.4) is 0 Å². The molecule has 1 atom stereocenters. The van der Waals surface area contributed by atoms with Crippen LogP contribution < -0.4 is 20.3 Å². The minimum atomic E-state index is -0.829. The Morgan fingerprint density at radius 2 is 1.78 bits per heavy atom. The lowest BCUT2D eigenvalue weighted by atomic mass is 9.95. The Morgan fingerprint density at radius 1 is 0.931 bits per heavy atom. The van der Waals surface area contributed by atoms with Crippen LogP contribution in [-0.2, 0) is 9.53 Å². The average molecular weight is 791 g/mol. The maximum absolute atomic E-state index is 13.5. The number of carbonyl (C=O) groups is 3. The maximum Gasteiger partial charge on any atom is 0.264 e. The van der Waals surface area contributed by atoms with E-state index in [1.807, 2.05) is 18.2 Å². The normalized spacial score (nSPS) is 21.8. The van der Waals surface area contributed by atoms with Gasteiger partial charge in [-0.1, -0.05) is 6.07 Å². The Hall–Kier alpha value is -5.12. The van der Waals surface area contributed by atoms with E-state index in [9.17, 15) is 14.4 Å². The number of imide groups is 1. The fourth-order valence-electron chi connectivity index (χ4n) is 8.87. The van der Waals surface area contributed by atoms with Crippen LogP contribution in [-0.4, -0.2) is 136 Å². The molecule has 0 spiro atoms. The van der Waals surface area contributed by atoms with E-state index in [0.29, 0.717) is 48.7 Å². The number of likely N-dealkylation sites (tertiary alicyclic amines) is 1. The van der Waals surface area contributed by atoms with E-state index < -0.39 is 17.9 Å². The number of nitrogens with zero attached hydrogens (tertiary/aromatic N) is 7. The van der Waals surface area contributed by atoms with Crippen molar-refractivity contribution in [2.24, 2.45) is 5.92 Å². The van der Waals surface area contributed by atoms with Crippen LogP contribution in [0.15, 0.2) is 48.8 Å². The summed E-state index contributed by atoms with van der Waals surface area (Å²) in [6, 6.07) is 12.7. The van der Waals surface area contributed by atoms with Gasteiger partial charge in [-0.15, -0.1) is 0 Å². The number of amides is 3. The number of unbranched alkanes of at least 4 members (excludes halogenated alkanes) is 1. The molecule has 2 aromatic carbocycles.